The first-order valence-electron chi connectivity index (χ1n) is 9.66. The van der Waals surface area contributed by atoms with E-state index in [0.29, 0.717) is 11.3 Å². The van der Waals surface area contributed by atoms with Gasteiger partial charge in [0.15, 0.2) is 0 Å². The molecule has 1 aromatic heterocycles. The minimum atomic E-state index is -3.96. The predicted molar refractivity (Wildman–Crippen MR) is 122 cm³/mol. The lowest BCUT2D eigenvalue weighted by Crippen LogP contribution is -2.39. The standard InChI is InChI=1S/C23H24N4O3S/c1-17-6-10-22(11-7-17)31(29,30)27(21-9-8-18(2)19(3)13-21)16-23(28)26-25-15-20-5-4-12-24-14-20/h4-15H,16H2,1-3H3,(H,26,28)/b25-15-. The first kappa shape index (κ1) is 22.2. The second-order valence-corrected chi connectivity index (χ2v) is 9.04. The van der Waals surface area contributed by atoms with Crippen molar-refractivity contribution in [2.75, 3.05) is 10.8 Å². The second-order valence-electron chi connectivity index (χ2n) is 7.17. The minimum Gasteiger partial charge on any atom is -0.271 e. The summed E-state index contributed by atoms with van der Waals surface area (Å²) in [7, 11) is -3.96. The van der Waals surface area contributed by atoms with E-state index in [4.69, 9.17) is 0 Å². The quantitative estimate of drug-likeness (QED) is 0.454. The number of aromatic nitrogens is 1. The minimum absolute atomic E-state index is 0.114. The van der Waals surface area contributed by atoms with E-state index in [1.165, 1.54) is 18.3 Å². The van der Waals surface area contributed by atoms with Gasteiger partial charge in [0.2, 0.25) is 0 Å². The van der Waals surface area contributed by atoms with E-state index in [2.05, 4.69) is 15.5 Å². The zero-order valence-corrected chi connectivity index (χ0v) is 18.4. The van der Waals surface area contributed by atoms with Gasteiger partial charge in [-0.1, -0.05) is 29.8 Å². The monoisotopic (exact) mass is 436 g/mol. The van der Waals surface area contributed by atoms with Crippen LogP contribution in [0.25, 0.3) is 0 Å². The van der Waals surface area contributed by atoms with Crippen molar-refractivity contribution in [2.45, 2.75) is 25.7 Å². The molecular formula is C23H24N4O3S. The molecule has 3 rings (SSSR count). The Bertz CT molecular complexity index is 1190. The van der Waals surface area contributed by atoms with Crippen LogP contribution in [0, 0.1) is 20.8 Å². The Morgan fingerprint density at radius 1 is 1.06 bits per heavy atom. The van der Waals surface area contributed by atoms with Gasteiger partial charge in [-0.05, 0) is 62.2 Å². The summed E-state index contributed by atoms with van der Waals surface area (Å²) < 4.78 is 27.8. The van der Waals surface area contributed by atoms with Crippen molar-refractivity contribution in [3.8, 4) is 0 Å². The molecule has 0 aliphatic rings. The van der Waals surface area contributed by atoms with E-state index in [9.17, 15) is 13.2 Å². The number of pyridine rings is 1. The maximum absolute atomic E-state index is 13.4. The van der Waals surface area contributed by atoms with Gasteiger partial charge in [0.1, 0.15) is 6.54 Å². The molecule has 8 heteroatoms. The van der Waals surface area contributed by atoms with Gasteiger partial charge >= 0.3 is 0 Å². The van der Waals surface area contributed by atoms with Crippen molar-refractivity contribution in [3.05, 3.63) is 89.2 Å². The van der Waals surface area contributed by atoms with Crippen LogP contribution < -0.4 is 9.73 Å². The number of amides is 1. The average Bonchev–Trinajstić information content (AvgIpc) is 2.75. The number of rotatable bonds is 7. The Hall–Kier alpha value is -3.52. The number of hydrogen-bond acceptors (Lipinski definition) is 5. The molecule has 3 aromatic rings. The zero-order chi connectivity index (χ0) is 22.4. The van der Waals surface area contributed by atoms with Crippen molar-refractivity contribution < 1.29 is 13.2 Å². The zero-order valence-electron chi connectivity index (χ0n) is 17.6. The number of anilines is 1. The Morgan fingerprint density at radius 2 is 1.81 bits per heavy atom. The van der Waals surface area contributed by atoms with Crippen molar-refractivity contribution in [2.24, 2.45) is 5.10 Å². The third-order valence-electron chi connectivity index (χ3n) is 4.76. The summed E-state index contributed by atoms with van der Waals surface area (Å²) in [6, 6.07) is 15.3. The molecule has 160 valence electrons. The van der Waals surface area contributed by atoms with Gasteiger partial charge in [0.05, 0.1) is 16.8 Å². The van der Waals surface area contributed by atoms with E-state index in [1.807, 2.05) is 26.8 Å². The van der Waals surface area contributed by atoms with Gasteiger partial charge < -0.3 is 0 Å². The maximum Gasteiger partial charge on any atom is 0.264 e. The fourth-order valence-corrected chi connectivity index (χ4v) is 4.24. The number of aryl methyl sites for hydroxylation is 3. The Morgan fingerprint density at radius 3 is 2.45 bits per heavy atom. The SMILES string of the molecule is Cc1ccc(S(=O)(=O)N(CC(=O)N/N=C\c2cccnc2)c2ccc(C)c(C)c2)cc1. The summed E-state index contributed by atoms with van der Waals surface area (Å²) in [4.78, 5) is 16.6. The highest BCUT2D eigenvalue weighted by atomic mass is 32.2. The van der Waals surface area contributed by atoms with E-state index in [0.717, 1.165) is 21.0 Å². The van der Waals surface area contributed by atoms with Crippen LogP contribution in [0.5, 0.6) is 0 Å². The number of nitrogens with one attached hydrogen (secondary N) is 1. The summed E-state index contributed by atoms with van der Waals surface area (Å²) in [5.41, 5.74) is 6.41. The van der Waals surface area contributed by atoms with Crippen molar-refractivity contribution in [3.63, 3.8) is 0 Å². The molecular weight excluding hydrogens is 412 g/mol. The van der Waals surface area contributed by atoms with Crippen molar-refractivity contribution >= 4 is 27.8 Å². The fourth-order valence-electron chi connectivity index (χ4n) is 2.83. The molecule has 7 nitrogen and oxygen atoms in total. The van der Waals surface area contributed by atoms with Crippen LogP contribution in [0.1, 0.15) is 22.3 Å². The summed E-state index contributed by atoms with van der Waals surface area (Å²) in [5.74, 6) is -0.561. The third kappa shape index (κ3) is 5.55. The molecule has 2 aromatic carbocycles. The maximum atomic E-state index is 13.4. The normalized spacial score (nSPS) is 11.5. The predicted octanol–water partition coefficient (Wildman–Crippen LogP) is 3.35. The second kappa shape index (κ2) is 9.53. The molecule has 0 unspecified atom stereocenters. The Balaban J connectivity index is 1.88. The number of sulfonamides is 1. The van der Waals surface area contributed by atoms with Crippen molar-refractivity contribution in [1.29, 1.82) is 0 Å². The molecule has 0 aliphatic heterocycles. The average molecular weight is 437 g/mol. The van der Waals surface area contributed by atoms with Crippen LogP contribution in [0.4, 0.5) is 5.69 Å². The van der Waals surface area contributed by atoms with Gasteiger partial charge in [-0.15, -0.1) is 0 Å². The Kier molecular flexibility index (Phi) is 6.81. The molecule has 0 radical (unpaired) electrons. The number of carbonyl (C=O) groups excluding carboxylic acids is 1. The van der Waals surface area contributed by atoms with Crippen LogP contribution in [0.2, 0.25) is 0 Å². The molecule has 1 heterocycles. The number of carbonyl (C=O) groups is 1. The highest BCUT2D eigenvalue weighted by molar-refractivity contribution is 7.92. The van der Waals surface area contributed by atoms with Crippen LogP contribution >= 0.6 is 0 Å². The Labute approximate surface area is 182 Å². The van der Waals surface area contributed by atoms with Gasteiger partial charge in [-0.25, -0.2) is 13.8 Å². The largest absolute Gasteiger partial charge is 0.271 e. The van der Waals surface area contributed by atoms with Gasteiger partial charge in [-0.2, -0.15) is 5.10 Å². The van der Waals surface area contributed by atoms with E-state index >= 15 is 0 Å². The molecule has 0 fully saturated rings. The molecule has 0 bridgehead atoms. The van der Waals surface area contributed by atoms with Crippen LogP contribution in [0.15, 0.2) is 77.0 Å². The first-order valence-corrected chi connectivity index (χ1v) is 11.1. The van der Waals surface area contributed by atoms with Gasteiger partial charge in [0, 0.05) is 18.0 Å². The molecule has 1 amide bonds. The first-order chi connectivity index (χ1) is 14.8. The number of benzene rings is 2. The molecule has 0 atom stereocenters. The molecule has 0 aliphatic carbocycles. The lowest BCUT2D eigenvalue weighted by molar-refractivity contribution is -0.119. The lowest BCUT2D eigenvalue weighted by Gasteiger charge is -2.24. The van der Waals surface area contributed by atoms with Crippen LogP contribution in [0.3, 0.4) is 0 Å². The fraction of sp³-hybridized carbons (Fsp3) is 0.174. The number of hydrogen-bond donors (Lipinski definition) is 1. The van der Waals surface area contributed by atoms with E-state index in [-0.39, 0.29) is 4.90 Å². The van der Waals surface area contributed by atoms with Crippen molar-refractivity contribution in [1.82, 2.24) is 10.4 Å². The van der Waals surface area contributed by atoms with Gasteiger partial charge in [0.25, 0.3) is 15.9 Å². The topological polar surface area (TPSA) is 91.7 Å². The van der Waals surface area contributed by atoms with Gasteiger partial charge in [-0.3, -0.25) is 14.1 Å². The molecule has 0 saturated carbocycles. The molecule has 0 spiro atoms. The van der Waals surface area contributed by atoms with E-state index in [1.54, 1.807) is 48.8 Å². The summed E-state index contributed by atoms with van der Waals surface area (Å²) in [5, 5.41) is 3.90. The van der Waals surface area contributed by atoms with Crippen LogP contribution in [-0.2, 0) is 14.8 Å². The summed E-state index contributed by atoms with van der Waals surface area (Å²) in [6.07, 6.45) is 4.67. The smallest absolute Gasteiger partial charge is 0.264 e. The molecule has 31 heavy (non-hydrogen) atoms. The number of nitrogens with zero attached hydrogens (tertiary/aromatic N) is 3. The molecule has 0 saturated heterocycles. The highest BCUT2D eigenvalue weighted by Crippen LogP contribution is 2.25. The number of hydrazone groups is 1. The lowest BCUT2D eigenvalue weighted by atomic mass is 10.1. The highest BCUT2D eigenvalue weighted by Gasteiger charge is 2.27. The van der Waals surface area contributed by atoms with Crippen LogP contribution in [-0.4, -0.2) is 32.1 Å². The molecule has 1 N–H and O–H groups in total. The third-order valence-corrected chi connectivity index (χ3v) is 6.55. The summed E-state index contributed by atoms with van der Waals surface area (Å²) >= 11 is 0. The van der Waals surface area contributed by atoms with E-state index < -0.39 is 22.5 Å². The summed E-state index contributed by atoms with van der Waals surface area (Å²) in [6.45, 7) is 5.31.